The molecule has 0 heterocycles. The third-order valence-corrected chi connectivity index (χ3v) is 4.37. The van der Waals surface area contributed by atoms with Crippen molar-refractivity contribution in [3.8, 4) is 11.5 Å². The van der Waals surface area contributed by atoms with Crippen molar-refractivity contribution in [2.24, 2.45) is 5.10 Å². The van der Waals surface area contributed by atoms with Gasteiger partial charge >= 0.3 is 0 Å². The van der Waals surface area contributed by atoms with Crippen molar-refractivity contribution >= 4 is 46.3 Å². The average Bonchev–Trinajstić information content (AvgIpc) is 2.68. The molecule has 0 unspecified atom stereocenters. The highest BCUT2D eigenvalue weighted by Crippen LogP contribution is 2.34. The summed E-state index contributed by atoms with van der Waals surface area (Å²) in [6, 6.07) is 12.6. The van der Waals surface area contributed by atoms with Crippen molar-refractivity contribution in [2.45, 2.75) is 26.7 Å². The molecule has 0 bridgehead atoms. The van der Waals surface area contributed by atoms with E-state index < -0.39 is 11.8 Å². The molecule has 0 aromatic heterocycles. The number of benzene rings is 2. The zero-order valence-electron chi connectivity index (χ0n) is 16.4. The van der Waals surface area contributed by atoms with Crippen LogP contribution in [0.4, 0.5) is 5.69 Å². The van der Waals surface area contributed by atoms with Gasteiger partial charge in [0.15, 0.2) is 11.5 Å². The SMILES string of the molecule is CCCOc1c(I)cc(C=NNC(=O)CC(=O)Nc2ccccc2)cc1OCC. The summed E-state index contributed by atoms with van der Waals surface area (Å²) in [5.74, 6) is 0.419. The largest absolute Gasteiger partial charge is 0.490 e. The molecule has 2 amide bonds. The fourth-order valence-electron chi connectivity index (χ4n) is 2.36. The molecule has 2 rings (SSSR count). The lowest BCUT2D eigenvalue weighted by Gasteiger charge is -2.14. The van der Waals surface area contributed by atoms with Crippen molar-refractivity contribution in [3.05, 3.63) is 51.6 Å². The second kappa shape index (κ2) is 12.1. The number of anilines is 1. The highest BCUT2D eigenvalue weighted by Gasteiger charge is 2.12. The zero-order valence-corrected chi connectivity index (χ0v) is 18.6. The number of hydrogen-bond acceptors (Lipinski definition) is 5. The van der Waals surface area contributed by atoms with E-state index in [1.807, 2.05) is 26.0 Å². The second-order valence-electron chi connectivity index (χ2n) is 6.00. The first-order valence-corrected chi connectivity index (χ1v) is 10.4. The van der Waals surface area contributed by atoms with Gasteiger partial charge in [-0.05, 0) is 65.8 Å². The summed E-state index contributed by atoms with van der Waals surface area (Å²) >= 11 is 2.18. The highest BCUT2D eigenvalue weighted by atomic mass is 127. The molecule has 0 atom stereocenters. The summed E-state index contributed by atoms with van der Waals surface area (Å²) in [6.45, 7) is 5.05. The maximum atomic E-state index is 11.9. The number of hydrazone groups is 1. The standard InChI is InChI=1S/C21H24IN3O4/c1-3-10-29-21-17(22)11-15(12-18(21)28-4-2)14-23-25-20(27)13-19(26)24-16-8-6-5-7-9-16/h5-9,11-12,14H,3-4,10,13H2,1-2H3,(H,24,26)(H,25,27). The smallest absolute Gasteiger partial charge is 0.249 e. The molecule has 2 aromatic carbocycles. The normalized spacial score (nSPS) is 10.6. The van der Waals surface area contributed by atoms with Crippen molar-refractivity contribution in [1.82, 2.24) is 5.43 Å². The van der Waals surface area contributed by atoms with Crippen LogP contribution in [0.5, 0.6) is 11.5 Å². The third kappa shape index (κ3) is 7.72. The quantitative estimate of drug-likeness (QED) is 0.220. The van der Waals surface area contributed by atoms with Gasteiger partial charge in [0.1, 0.15) is 6.42 Å². The molecule has 154 valence electrons. The Morgan fingerprint density at radius 2 is 1.86 bits per heavy atom. The number of amides is 2. The Kier molecular flexibility index (Phi) is 9.42. The van der Waals surface area contributed by atoms with Crippen LogP contribution in [0.15, 0.2) is 47.6 Å². The molecule has 0 fully saturated rings. The van der Waals surface area contributed by atoms with Gasteiger partial charge in [-0.15, -0.1) is 0 Å². The minimum absolute atomic E-state index is 0.322. The van der Waals surface area contributed by atoms with Gasteiger partial charge in [0, 0.05) is 5.69 Å². The Morgan fingerprint density at radius 1 is 1.10 bits per heavy atom. The minimum Gasteiger partial charge on any atom is -0.490 e. The van der Waals surface area contributed by atoms with Crippen LogP contribution in [0.1, 0.15) is 32.3 Å². The van der Waals surface area contributed by atoms with E-state index >= 15 is 0 Å². The number of para-hydroxylation sites is 1. The molecule has 8 heteroatoms. The molecule has 0 aliphatic carbocycles. The van der Waals surface area contributed by atoms with E-state index in [0.29, 0.717) is 30.4 Å². The van der Waals surface area contributed by atoms with Gasteiger partial charge in [-0.3, -0.25) is 9.59 Å². The summed E-state index contributed by atoms with van der Waals surface area (Å²) < 4.78 is 12.3. The van der Waals surface area contributed by atoms with Crippen LogP contribution < -0.4 is 20.2 Å². The van der Waals surface area contributed by atoms with Gasteiger partial charge in [-0.25, -0.2) is 5.43 Å². The minimum atomic E-state index is -0.502. The molecule has 2 N–H and O–H groups in total. The van der Waals surface area contributed by atoms with Crippen LogP contribution >= 0.6 is 22.6 Å². The first kappa shape index (κ1) is 22.7. The Hall–Kier alpha value is -2.62. The van der Waals surface area contributed by atoms with Crippen molar-refractivity contribution in [1.29, 1.82) is 0 Å². The van der Waals surface area contributed by atoms with Gasteiger partial charge < -0.3 is 14.8 Å². The summed E-state index contributed by atoms with van der Waals surface area (Å²) in [7, 11) is 0. The molecule has 0 saturated carbocycles. The van der Waals surface area contributed by atoms with E-state index in [1.54, 1.807) is 30.3 Å². The monoisotopic (exact) mass is 509 g/mol. The Morgan fingerprint density at radius 3 is 2.55 bits per heavy atom. The number of halogens is 1. The molecule has 2 aromatic rings. The fourth-order valence-corrected chi connectivity index (χ4v) is 3.14. The molecule has 29 heavy (non-hydrogen) atoms. The number of rotatable bonds is 10. The van der Waals surface area contributed by atoms with Crippen LogP contribution in [0.2, 0.25) is 0 Å². The zero-order chi connectivity index (χ0) is 21.1. The lowest BCUT2D eigenvalue weighted by Crippen LogP contribution is -2.24. The maximum absolute atomic E-state index is 11.9. The summed E-state index contributed by atoms with van der Waals surface area (Å²) in [6.07, 6.45) is 2.08. The van der Waals surface area contributed by atoms with Crippen molar-refractivity contribution < 1.29 is 19.1 Å². The molecule has 0 aliphatic rings. The van der Waals surface area contributed by atoms with E-state index in [1.165, 1.54) is 6.21 Å². The van der Waals surface area contributed by atoms with Crippen LogP contribution in [0, 0.1) is 3.57 Å². The fraction of sp³-hybridized carbons (Fsp3) is 0.286. The van der Waals surface area contributed by atoms with Gasteiger partial charge in [-0.1, -0.05) is 25.1 Å². The Labute approximate surface area is 184 Å². The summed E-state index contributed by atoms with van der Waals surface area (Å²) in [5, 5.41) is 6.58. The molecule has 0 spiro atoms. The first-order valence-electron chi connectivity index (χ1n) is 9.29. The second-order valence-corrected chi connectivity index (χ2v) is 7.16. The molecular formula is C21H24IN3O4. The van der Waals surface area contributed by atoms with Gasteiger partial charge in [0.25, 0.3) is 0 Å². The van der Waals surface area contributed by atoms with Gasteiger partial charge in [0.2, 0.25) is 11.8 Å². The van der Waals surface area contributed by atoms with Crippen LogP contribution in [-0.2, 0) is 9.59 Å². The van der Waals surface area contributed by atoms with E-state index in [-0.39, 0.29) is 6.42 Å². The van der Waals surface area contributed by atoms with Gasteiger partial charge in [-0.2, -0.15) is 5.10 Å². The lowest BCUT2D eigenvalue weighted by molar-refractivity contribution is -0.126. The first-order chi connectivity index (χ1) is 14.0. The topological polar surface area (TPSA) is 89.0 Å². The predicted octanol–water partition coefficient (Wildman–Crippen LogP) is 3.96. The van der Waals surface area contributed by atoms with Crippen LogP contribution in [-0.4, -0.2) is 31.2 Å². The Bertz CT molecular complexity index is 857. The highest BCUT2D eigenvalue weighted by molar-refractivity contribution is 14.1. The molecule has 0 radical (unpaired) electrons. The van der Waals surface area contributed by atoms with Crippen molar-refractivity contribution in [2.75, 3.05) is 18.5 Å². The summed E-state index contributed by atoms with van der Waals surface area (Å²) in [4.78, 5) is 23.8. The number of hydrogen-bond donors (Lipinski definition) is 2. The molecular weight excluding hydrogens is 485 g/mol. The molecule has 0 saturated heterocycles. The number of carbonyl (C=O) groups excluding carboxylic acids is 2. The maximum Gasteiger partial charge on any atom is 0.249 e. The van der Waals surface area contributed by atoms with Gasteiger partial charge in [0.05, 0.1) is 23.0 Å². The molecule has 7 nitrogen and oxygen atoms in total. The average molecular weight is 509 g/mol. The number of nitrogens with zero attached hydrogens (tertiary/aromatic N) is 1. The molecule has 0 aliphatic heterocycles. The van der Waals surface area contributed by atoms with E-state index in [2.05, 4.69) is 38.4 Å². The lowest BCUT2D eigenvalue weighted by atomic mass is 10.2. The van der Waals surface area contributed by atoms with Crippen LogP contribution in [0.25, 0.3) is 0 Å². The summed E-state index contributed by atoms with van der Waals surface area (Å²) in [5.41, 5.74) is 3.75. The van der Waals surface area contributed by atoms with E-state index in [4.69, 9.17) is 9.47 Å². The van der Waals surface area contributed by atoms with Crippen LogP contribution in [0.3, 0.4) is 0 Å². The number of ether oxygens (including phenoxy) is 2. The van der Waals surface area contributed by atoms with Crippen molar-refractivity contribution in [3.63, 3.8) is 0 Å². The van der Waals surface area contributed by atoms with E-state index in [9.17, 15) is 9.59 Å². The Balaban J connectivity index is 1.94. The number of nitrogens with one attached hydrogen (secondary N) is 2. The third-order valence-electron chi connectivity index (χ3n) is 3.56. The van der Waals surface area contributed by atoms with E-state index in [0.717, 1.165) is 15.6 Å². The predicted molar refractivity (Wildman–Crippen MR) is 122 cm³/mol. The number of carbonyl (C=O) groups is 2.